The summed E-state index contributed by atoms with van der Waals surface area (Å²) in [5, 5.41) is 4.82. The van der Waals surface area contributed by atoms with Crippen LogP contribution in [0.1, 0.15) is 5.56 Å². The summed E-state index contributed by atoms with van der Waals surface area (Å²) in [5.74, 6) is 1.87. The van der Waals surface area contributed by atoms with Gasteiger partial charge in [-0.15, -0.1) is 0 Å². The normalized spacial score (nSPS) is 11.2. The summed E-state index contributed by atoms with van der Waals surface area (Å²) in [6, 6.07) is 73.1. The first kappa shape index (κ1) is 34.0. The third-order valence-electron chi connectivity index (χ3n) is 10.8. The van der Waals surface area contributed by atoms with Crippen LogP contribution < -0.4 is 0 Å². The molecule has 0 saturated carbocycles. The maximum absolute atomic E-state index is 5.25. The van der Waals surface area contributed by atoms with Crippen molar-refractivity contribution in [2.75, 3.05) is 0 Å². The predicted molar refractivity (Wildman–Crippen MR) is 238 cm³/mol. The van der Waals surface area contributed by atoms with Crippen molar-refractivity contribution in [2.24, 2.45) is 0 Å². The van der Waals surface area contributed by atoms with Gasteiger partial charge in [0.2, 0.25) is 0 Å². The molecule has 0 saturated heterocycles. The zero-order valence-electron chi connectivity index (χ0n) is 31.5. The lowest BCUT2D eigenvalue weighted by Gasteiger charge is -2.16. The molecule has 0 atom stereocenters. The third kappa shape index (κ3) is 6.77. The highest BCUT2D eigenvalue weighted by atomic mass is 15.0. The van der Waals surface area contributed by atoms with E-state index in [0.29, 0.717) is 17.5 Å². The molecule has 0 unspecified atom stereocenters. The van der Waals surface area contributed by atoms with Gasteiger partial charge in [-0.3, -0.25) is 0 Å². The van der Waals surface area contributed by atoms with Crippen LogP contribution in [0.2, 0.25) is 0 Å². The monoisotopic (exact) mass is 727 g/mol. The van der Waals surface area contributed by atoms with E-state index in [1.54, 1.807) is 0 Å². The van der Waals surface area contributed by atoms with E-state index in [4.69, 9.17) is 15.0 Å². The minimum Gasteiger partial charge on any atom is -0.208 e. The highest BCUT2D eigenvalue weighted by Gasteiger charge is 2.17. The molecule has 1 heterocycles. The van der Waals surface area contributed by atoms with E-state index in [9.17, 15) is 0 Å². The summed E-state index contributed by atoms with van der Waals surface area (Å²) in [6.45, 7) is 2.13. The zero-order valence-corrected chi connectivity index (χ0v) is 31.5. The molecule has 0 spiro atoms. The van der Waals surface area contributed by atoms with Crippen molar-refractivity contribution in [3.05, 3.63) is 212 Å². The van der Waals surface area contributed by atoms with Crippen LogP contribution in [0.3, 0.4) is 0 Å². The fourth-order valence-corrected chi connectivity index (χ4v) is 7.79. The van der Waals surface area contributed by atoms with Crippen molar-refractivity contribution in [2.45, 2.75) is 6.92 Å². The van der Waals surface area contributed by atoms with Gasteiger partial charge in [-0.1, -0.05) is 188 Å². The molecule has 3 heteroatoms. The van der Waals surface area contributed by atoms with Gasteiger partial charge in [-0.25, -0.2) is 15.0 Å². The molecule has 1 aromatic heterocycles. The third-order valence-corrected chi connectivity index (χ3v) is 10.8. The van der Waals surface area contributed by atoms with Crippen molar-refractivity contribution in [1.29, 1.82) is 0 Å². The van der Waals surface area contributed by atoms with Gasteiger partial charge >= 0.3 is 0 Å². The molecular formula is C54H37N3. The lowest BCUT2D eigenvalue weighted by Crippen LogP contribution is -2.01. The number of fused-ring (bicyclic) bond motifs is 2. The molecule has 0 aliphatic carbocycles. The molecule has 268 valence electrons. The minimum atomic E-state index is 0.619. The van der Waals surface area contributed by atoms with E-state index >= 15 is 0 Å². The van der Waals surface area contributed by atoms with Crippen molar-refractivity contribution >= 4 is 21.5 Å². The topological polar surface area (TPSA) is 38.7 Å². The summed E-state index contributed by atoms with van der Waals surface area (Å²) in [5.41, 5.74) is 13.2. The van der Waals surface area contributed by atoms with Crippen LogP contribution in [0.25, 0.3) is 100 Å². The molecule has 3 nitrogen and oxygen atoms in total. The molecule has 9 aromatic carbocycles. The first-order valence-corrected chi connectivity index (χ1v) is 19.3. The Morgan fingerprint density at radius 2 is 0.614 bits per heavy atom. The van der Waals surface area contributed by atoms with E-state index in [2.05, 4.69) is 201 Å². The number of aromatic nitrogens is 3. The van der Waals surface area contributed by atoms with Crippen molar-refractivity contribution in [3.8, 4) is 78.7 Å². The number of aryl methyl sites for hydroxylation is 1. The Hall–Kier alpha value is -7.49. The van der Waals surface area contributed by atoms with Gasteiger partial charge in [0, 0.05) is 16.7 Å². The molecule has 10 aromatic rings. The Labute approximate surface area is 332 Å². The Morgan fingerprint density at radius 3 is 1.12 bits per heavy atom. The van der Waals surface area contributed by atoms with Crippen LogP contribution in [0.15, 0.2) is 206 Å². The lowest BCUT2D eigenvalue weighted by molar-refractivity contribution is 1.07. The highest BCUT2D eigenvalue weighted by molar-refractivity contribution is 6.13. The Morgan fingerprint density at radius 1 is 0.263 bits per heavy atom. The standard InChI is InChI=1S/C54H37N3/c1-36-20-22-41(23-21-36)46-33-47(51-49-18-10-8-16-44(49)32-45-17-9-11-19-50(45)51)35-48(34-46)54-56-52(42-28-24-39(25-29-42)37-12-4-2-5-13-37)55-53(57-54)43-30-26-40(27-31-43)38-14-6-3-7-15-38/h2-35H,1H3. The van der Waals surface area contributed by atoms with Crippen molar-refractivity contribution < 1.29 is 0 Å². The maximum Gasteiger partial charge on any atom is 0.164 e. The predicted octanol–water partition coefficient (Wildman–Crippen LogP) is 14.2. The van der Waals surface area contributed by atoms with Gasteiger partial charge in [-0.05, 0) is 97.2 Å². The van der Waals surface area contributed by atoms with E-state index in [-0.39, 0.29) is 0 Å². The Kier molecular flexibility index (Phi) is 8.74. The van der Waals surface area contributed by atoms with Gasteiger partial charge in [0.05, 0.1) is 0 Å². The van der Waals surface area contributed by atoms with Crippen LogP contribution in [0.4, 0.5) is 0 Å². The second-order valence-corrected chi connectivity index (χ2v) is 14.6. The molecule has 0 fully saturated rings. The molecule has 0 N–H and O–H groups in total. The number of rotatable bonds is 7. The summed E-state index contributed by atoms with van der Waals surface area (Å²) in [6.07, 6.45) is 0. The molecule has 57 heavy (non-hydrogen) atoms. The maximum atomic E-state index is 5.25. The van der Waals surface area contributed by atoms with Crippen LogP contribution in [-0.2, 0) is 0 Å². The molecule has 0 bridgehead atoms. The Bertz CT molecular complexity index is 2870. The summed E-state index contributed by atoms with van der Waals surface area (Å²) in [4.78, 5) is 15.6. The number of hydrogen-bond donors (Lipinski definition) is 0. The fourth-order valence-electron chi connectivity index (χ4n) is 7.79. The average molecular weight is 728 g/mol. The number of nitrogens with zero attached hydrogens (tertiary/aromatic N) is 3. The molecule has 0 amide bonds. The molecule has 0 aliphatic rings. The van der Waals surface area contributed by atoms with E-state index < -0.39 is 0 Å². The Balaban J connectivity index is 1.19. The van der Waals surface area contributed by atoms with Gasteiger partial charge < -0.3 is 0 Å². The number of hydrogen-bond acceptors (Lipinski definition) is 3. The van der Waals surface area contributed by atoms with Gasteiger partial charge in [0.25, 0.3) is 0 Å². The van der Waals surface area contributed by atoms with Crippen molar-refractivity contribution in [3.63, 3.8) is 0 Å². The van der Waals surface area contributed by atoms with Gasteiger partial charge in [-0.2, -0.15) is 0 Å². The van der Waals surface area contributed by atoms with Crippen molar-refractivity contribution in [1.82, 2.24) is 15.0 Å². The molecule has 0 aliphatic heterocycles. The highest BCUT2D eigenvalue weighted by Crippen LogP contribution is 2.40. The van der Waals surface area contributed by atoms with Gasteiger partial charge in [0.1, 0.15) is 0 Å². The van der Waals surface area contributed by atoms with Gasteiger partial charge in [0.15, 0.2) is 17.5 Å². The molecule has 0 radical (unpaired) electrons. The molecular weight excluding hydrogens is 691 g/mol. The lowest BCUT2D eigenvalue weighted by atomic mass is 9.89. The smallest absolute Gasteiger partial charge is 0.164 e. The first-order valence-electron chi connectivity index (χ1n) is 19.3. The van der Waals surface area contributed by atoms with Crippen LogP contribution in [0, 0.1) is 6.92 Å². The SMILES string of the molecule is Cc1ccc(-c2cc(-c3nc(-c4ccc(-c5ccccc5)cc4)nc(-c4ccc(-c5ccccc5)cc4)n3)cc(-c3c4ccccc4cc4ccccc34)c2)cc1. The first-order chi connectivity index (χ1) is 28.1. The van der Waals surface area contributed by atoms with Crippen LogP contribution in [-0.4, -0.2) is 15.0 Å². The average Bonchev–Trinajstić information content (AvgIpc) is 3.29. The quantitative estimate of drug-likeness (QED) is 0.153. The second kappa shape index (κ2) is 14.6. The van der Waals surface area contributed by atoms with Crippen LogP contribution >= 0.6 is 0 Å². The van der Waals surface area contributed by atoms with E-state index in [1.807, 2.05) is 12.1 Å². The van der Waals surface area contributed by atoms with Crippen LogP contribution in [0.5, 0.6) is 0 Å². The number of benzene rings is 9. The summed E-state index contributed by atoms with van der Waals surface area (Å²) < 4.78 is 0. The fraction of sp³-hybridized carbons (Fsp3) is 0.0185. The summed E-state index contributed by atoms with van der Waals surface area (Å²) in [7, 11) is 0. The zero-order chi connectivity index (χ0) is 38.1. The molecule has 10 rings (SSSR count). The second-order valence-electron chi connectivity index (χ2n) is 14.6. The van der Waals surface area contributed by atoms with E-state index in [1.165, 1.54) is 43.8 Å². The largest absolute Gasteiger partial charge is 0.208 e. The van der Waals surface area contributed by atoms with E-state index in [0.717, 1.165) is 44.5 Å². The minimum absolute atomic E-state index is 0.619. The summed E-state index contributed by atoms with van der Waals surface area (Å²) >= 11 is 0.